The van der Waals surface area contributed by atoms with Crippen LogP contribution in [0.1, 0.15) is 74.1 Å². The van der Waals surface area contributed by atoms with Gasteiger partial charge >= 0.3 is 5.97 Å². The number of benzene rings is 3. The third-order valence-corrected chi connectivity index (χ3v) is 9.58. The average molecular weight is 551 g/mol. The Balaban J connectivity index is 1.35. The van der Waals surface area contributed by atoms with E-state index in [1.54, 1.807) is 19.2 Å². The minimum atomic E-state index is -0.978. The maximum Gasteiger partial charge on any atom is 0.307 e. The molecular formula is C33H33F3O4. The van der Waals surface area contributed by atoms with Gasteiger partial charge in [0.25, 0.3) is 0 Å². The van der Waals surface area contributed by atoms with E-state index in [9.17, 15) is 9.90 Å². The van der Waals surface area contributed by atoms with E-state index in [0.717, 1.165) is 42.0 Å². The summed E-state index contributed by atoms with van der Waals surface area (Å²) in [7, 11) is 1.55. The first-order chi connectivity index (χ1) is 19.1. The lowest BCUT2D eigenvalue weighted by Crippen LogP contribution is -2.17. The van der Waals surface area contributed by atoms with E-state index in [2.05, 4.69) is 13.8 Å². The number of carbonyl (C=O) groups is 1. The Kier molecular flexibility index (Phi) is 6.39. The van der Waals surface area contributed by atoms with Crippen molar-refractivity contribution in [3.05, 3.63) is 82.2 Å². The maximum absolute atomic E-state index is 15.7. The zero-order valence-electron chi connectivity index (χ0n) is 23.0. The number of halogens is 3. The number of carboxylic acids is 1. The monoisotopic (exact) mass is 550 g/mol. The van der Waals surface area contributed by atoms with Crippen molar-refractivity contribution in [2.24, 2.45) is 11.3 Å². The van der Waals surface area contributed by atoms with Crippen LogP contribution in [0, 0.1) is 28.8 Å². The van der Waals surface area contributed by atoms with Crippen molar-refractivity contribution in [1.82, 2.24) is 0 Å². The van der Waals surface area contributed by atoms with Crippen LogP contribution in [0.4, 0.5) is 13.2 Å². The Hall–Kier alpha value is -3.48. The number of rotatable bonds is 7. The van der Waals surface area contributed by atoms with Crippen molar-refractivity contribution in [3.8, 4) is 22.6 Å². The fourth-order valence-electron chi connectivity index (χ4n) is 7.30. The summed E-state index contributed by atoms with van der Waals surface area (Å²) < 4.78 is 57.0. The average Bonchev–Trinajstić information content (AvgIpc) is 3.36. The van der Waals surface area contributed by atoms with Gasteiger partial charge in [0.2, 0.25) is 0 Å². The molecule has 6 rings (SSSR count). The second kappa shape index (κ2) is 9.57. The molecule has 0 amide bonds. The van der Waals surface area contributed by atoms with E-state index < -0.39 is 28.9 Å². The predicted molar refractivity (Wildman–Crippen MR) is 145 cm³/mol. The van der Waals surface area contributed by atoms with Gasteiger partial charge in [-0.1, -0.05) is 38.5 Å². The van der Waals surface area contributed by atoms with Crippen LogP contribution in [0.3, 0.4) is 0 Å². The van der Waals surface area contributed by atoms with Crippen molar-refractivity contribution < 1.29 is 32.5 Å². The molecule has 0 bridgehead atoms. The summed E-state index contributed by atoms with van der Waals surface area (Å²) in [6.45, 7) is 4.44. The Morgan fingerprint density at radius 1 is 1.02 bits per heavy atom. The summed E-state index contributed by atoms with van der Waals surface area (Å²) >= 11 is 0. The largest absolute Gasteiger partial charge is 0.497 e. The minimum Gasteiger partial charge on any atom is -0.497 e. The normalized spacial score (nSPS) is 24.2. The summed E-state index contributed by atoms with van der Waals surface area (Å²) in [6, 6.07) is 11.5. The van der Waals surface area contributed by atoms with Gasteiger partial charge in [0.1, 0.15) is 24.0 Å². The second-order valence-electron chi connectivity index (χ2n) is 12.3. The highest BCUT2D eigenvalue weighted by Crippen LogP contribution is 2.63. The molecule has 4 nitrogen and oxygen atoms in total. The molecule has 0 aromatic heterocycles. The SMILES string of the molecule is COc1ccc(F)c(-c2ccc(COc3cc(F)c4c(c3F)[C@]3(CC4)C[C@@H]3C(=O)O)cc2[C@H]2CCCC2(C)C)c1. The first-order valence-corrected chi connectivity index (χ1v) is 13.9. The highest BCUT2D eigenvalue weighted by molar-refractivity contribution is 5.78. The van der Waals surface area contributed by atoms with E-state index in [1.165, 1.54) is 6.07 Å². The van der Waals surface area contributed by atoms with Gasteiger partial charge in [0, 0.05) is 22.6 Å². The Morgan fingerprint density at radius 2 is 1.82 bits per heavy atom. The molecule has 40 heavy (non-hydrogen) atoms. The number of methoxy groups -OCH3 is 1. The van der Waals surface area contributed by atoms with Crippen LogP contribution in [-0.4, -0.2) is 18.2 Å². The maximum atomic E-state index is 15.7. The van der Waals surface area contributed by atoms with Crippen LogP contribution < -0.4 is 9.47 Å². The summed E-state index contributed by atoms with van der Waals surface area (Å²) in [5.74, 6) is -2.70. The van der Waals surface area contributed by atoms with Gasteiger partial charge in [-0.15, -0.1) is 0 Å². The van der Waals surface area contributed by atoms with E-state index in [4.69, 9.17) is 9.47 Å². The molecule has 210 valence electrons. The molecule has 3 atom stereocenters. The highest BCUT2D eigenvalue weighted by atomic mass is 19.1. The van der Waals surface area contributed by atoms with Crippen molar-refractivity contribution in [2.75, 3.05) is 7.11 Å². The van der Waals surface area contributed by atoms with Gasteiger partial charge in [-0.05, 0) is 83.9 Å². The van der Waals surface area contributed by atoms with Gasteiger partial charge in [-0.3, -0.25) is 4.79 Å². The molecule has 0 aliphatic heterocycles. The zero-order valence-corrected chi connectivity index (χ0v) is 23.0. The van der Waals surface area contributed by atoms with Crippen molar-refractivity contribution in [3.63, 3.8) is 0 Å². The molecule has 1 N–H and O–H groups in total. The summed E-state index contributed by atoms with van der Waals surface area (Å²) in [6.07, 6.45) is 4.16. The molecule has 3 aliphatic rings. The molecule has 7 heteroatoms. The lowest BCUT2D eigenvalue weighted by Gasteiger charge is -2.30. The van der Waals surface area contributed by atoms with Gasteiger partial charge in [0.05, 0.1) is 13.0 Å². The van der Waals surface area contributed by atoms with Crippen LogP contribution in [0.2, 0.25) is 0 Å². The quantitative estimate of drug-likeness (QED) is 0.325. The minimum absolute atomic E-state index is 0.00841. The number of hydrogen-bond acceptors (Lipinski definition) is 3. The van der Waals surface area contributed by atoms with Crippen LogP contribution in [-0.2, 0) is 23.2 Å². The van der Waals surface area contributed by atoms with E-state index in [-0.39, 0.29) is 40.6 Å². The number of fused-ring (bicyclic) bond motifs is 2. The summed E-state index contributed by atoms with van der Waals surface area (Å²) in [5, 5.41) is 9.51. The van der Waals surface area contributed by atoms with Crippen LogP contribution in [0.25, 0.3) is 11.1 Å². The molecule has 0 saturated heterocycles. The van der Waals surface area contributed by atoms with Crippen LogP contribution in [0.5, 0.6) is 11.5 Å². The number of carboxylic acid groups (broad SMARTS) is 1. The molecule has 3 aromatic carbocycles. The van der Waals surface area contributed by atoms with Crippen LogP contribution in [0.15, 0.2) is 42.5 Å². The third kappa shape index (κ3) is 4.25. The van der Waals surface area contributed by atoms with Gasteiger partial charge in [-0.2, -0.15) is 0 Å². The lowest BCUT2D eigenvalue weighted by molar-refractivity contribution is -0.139. The Labute approximate surface area is 232 Å². The molecule has 0 unspecified atom stereocenters. The third-order valence-electron chi connectivity index (χ3n) is 9.58. The molecule has 0 radical (unpaired) electrons. The molecule has 2 saturated carbocycles. The first-order valence-electron chi connectivity index (χ1n) is 13.9. The topological polar surface area (TPSA) is 55.8 Å². The fraction of sp³-hybridized carbons (Fsp3) is 0.424. The van der Waals surface area contributed by atoms with Gasteiger partial charge in [-0.25, -0.2) is 13.2 Å². The number of hydrogen-bond donors (Lipinski definition) is 1. The van der Waals surface area contributed by atoms with Crippen molar-refractivity contribution in [2.45, 2.75) is 70.3 Å². The lowest BCUT2D eigenvalue weighted by atomic mass is 9.75. The van der Waals surface area contributed by atoms with Crippen molar-refractivity contribution in [1.29, 1.82) is 0 Å². The molecule has 0 heterocycles. The smallest absolute Gasteiger partial charge is 0.307 e. The zero-order chi connectivity index (χ0) is 28.4. The fourth-order valence-corrected chi connectivity index (χ4v) is 7.30. The highest BCUT2D eigenvalue weighted by Gasteiger charge is 2.63. The van der Waals surface area contributed by atoms with E-state index in [1.807, 2.05) is 18.2 Å². The van der Waals surface area contributed by atoms with Crippen LogP contribution >= 0.6 is 0 Å². The summed E-state index contributed by atoms with van der Waals surface area (Å²) in [4.78, 5) is 11.6. The van der Waals surface area contributed by atoms with E-state index >= 15 is 13.2 Å². The summed E-state index contributed by atoms with van der Waals surface area (Å²) in [5.41, 5.74) is 2.61. The molecular weight excluding hydrogens is 517 g/mol. The molecule has 2 fully saturated rings. The first kappa shape index (κ1) is 26.7. The Bertz CT molecular complexity index is 1510. The van der Waals surface area contributed by atoms with Crippen molar-refractivity contribution >= 4 is 5.97 Å². The molecule has 3 aliphatic carbocycles. The van der Waals surface area contributed by atoms with E-state index in [0.29, 0.717) is 30.6 Å². The Morgan fingerprint density at radius 3 is 2.50 bits per heavy atom. The van der Waals surface area contributed by atoms with Gasteiger partial charge < -0.3 is 14.6 Å². The predicted octanol–water partition coefficient (Wildman–Crippen LogP) is 7.94. The molecule has 3 aromatic rings. The molecule has 1 spiro atoms. The second-order valence-corrected chi connectivity index (χ2v) is 12.3. The number of ether oxygens (including phenoxy) is 2. The van der Waals surface area contributed by atoms with Gasteiger partial charge in [0.15, 0.2) is 11.6 Å². The standard InChI is InChI=1S/C33H33F3O4/c1-32(2)11-4-5-24(32)22-13-18(6-8-20(22)23-14-19(39-3)7-9-26(23)34)17-40-28-15-27(35)21-10-12-33(29(21)30(28)36)16-25(33)31(37)38/h6-9,13-15,24-25H,4-5,10-12,16-17H2,1-3H3,(H,37,38)/t24-,25-,33-/m1/s1. The number of aliphatic carboxylic acids is 1.